The largest absolute Gasteiger partial charge is 0.475 e. The molecule has 1 fully saturated rings. The summed E-state index contributed by atoms with van der Waals surface area (Å²) < 4.78 is 32.1. The van der Waals surface area contributed by atoms with E-state index in [-0.39, 0.29) is 25.1 Å². The zero-order valence-electron chi connectivity index (χ0n) is 17.9. The number of rotatable bonds is 4. The summed E-state index contributed by atoms with van der Waals surface area (Å²) in [6.07, 6.45) is -1.92. The van der Waals surface area contributed by atoms with E-state index in [0.29, 0.717) is 35.2 Å². The fraction of sp³-hybridized carbons (Fsp3) is 0.409. The molecule has 2 aliphatic heterocycles. The molecule has 5 heterocycles. The first-order chi connectivity index (χ1) is 15.8. The van der Waals surface area contributed by atoms with Gasteiger partial charge in [-0.25, -0.2) is 13.8 Å². The van der Waals surface area contributed by atoms with Crippen molar-refractivity contribution in [3.63, 3.8) is 0 Å². The molecule has 2 aliphatic rings. The number of carbonyl (C=O) groups is 1. The highest BCUT2D eigenvalue weighted by Crippen LogP contribution is 2.33. The maximum atomic E-state index is 13.1. The number of aromatic nitrogens is 2. The standard InChI is InChI=1S/C22H24F2N6O2S/c1-10-2-4-13-17(26)18(33-22(13)27-10)20(31)28-12-6-11-3-5-16(29-21(11)32-9-12)30-7-14(19(23)24)15(25)8-30/h2-5,12,14-15,19H,6-9,25-26H2,1H3,(H,28,31)/t12-,14+,15+/m1/s1. The third-order valence-corrected chi connectivity index (χ3v) is 7.26. The van der Waals surface area contributed by atoms with Gasteiger partial charge in [0.05, 0.1) is 17.6 Å². The summed E-state index contributed by atoms with van der Waals surface area (Å²) in [5.41, 5.74) is 14.2. The van der Waals surface area contributed by atoms with Gasteiger partial charge in [0.1, 0.15) is 22.1 Å². The predicted octanol–water partition coefficient (Wildman–Crippen LogP) is 2.34. The van der Waals surface area contributed by atoms with Gasteiger partial charge in [0.15, 0.2) is 0 Å². The van der Waals surface area contributed by atoms with Crippen LogP contribution in [0.5, 0.6) is 5.88 Å². The molecule has 5 N–H and O–H groups in total. The number of hydrogen-bond donors (Lipinski definition) is 3. The molecule has 8 nitrogen and oxygen atoms in total. The Kier molecular flexibility index (Phi) is 5.53. The zero-order chi connectivity index (χ0) is 23.3. The van der Waals surface area contributed by atoms with E-state index >= 15 is 0 Å². The van der Waals surface area contributed by atoms with Gasteiger partial charge in [-0.15, -0.1) is 11.3 Å². The minimum atomic E-state index is -2.46. The van der Waals surface area contributed by atoms with E-state index in [1.165, 1.54) is 11.3 Å². The van der Waals surface area contributed by atoms with Crippen LogP contribution < -0.4 is 26.4 Å². The monoisotopic (exact) mass is 474 g/mol. The van der Waals surface area contributed by atoms with Gasteiger partial charge in [-0.3, -0.25) is 4.79 Å². The molecule has 0 unspecified atom stereocenters. The summed E-state index contributed by atoms with van der Waals surface area (Å²) in [6, 6.07) is 6.54. The summed E-state index contributed by atoms with van der Waals surface area (Å²) >= 11 is 1.27. The molecule has 1 amide bonds. The smallest absolute Gasteiger partial charge is 0.263 e. The van der Waals surface area contributed by atoms with Gasteiger partial charge in [-0.1, -0.05) is 0 Å². The Morgan fingerprint density at radius 1 is 1.27 bits per heavy atom. The van der Waals surface area contributed by atoms with E-state index in [1.807, 2.05) is 25.1 Å². The normalized spacial score (nSPS) is 22.5. The fourth-order valence-corrected chi connectivity index (χ4v) is 5.37. The molecule has 3 atom stereocenters. The van der Waals surface area contributed by atoms with Crippen molar-refractivity contribution in [3.8, 4) is 5.88 Å². The van der Waals surface area contributed by atoms with Crippen molar-refractivity contribution in [3.05, 3.63) is 40.4 Å². The van der Waals surface area contributed by atoms with Gasteiger partial charge >= 0.3 is 0 Å². The van der Waals surface area contributed by atoms with Gasteiger partial charge < -0.3 is 26.4 Å². The number of anilines is 2. The number of nitrogens with one attached hydrogen (secondary N) is 1. The third-order valence-electron chi connectivity index (χ3n) is 6.15. The van der Waals surface area contributed by atoms with Crippen LogP contribution in [0, 0.1) is 12.8 Å². The number of pyridine rings is 2. The second kappa shape index (κ2) is 8.38. The molecule has 1 saturated heterocycles. The number of alkyl halides is 2. The lowest BCUT2D eigenvalue weighted by atomic mass is 10.1. The Labute approximate surface area is 192 Å². The molecule has 0 aliphatic carbocycles. The van der Waals surface area contributed by atoms with Crippen LogP contribution in [-0.2, 0) is 6.42 Å². The number of hydrogen-bond acceptors (Lipinski definition) is 8. The molecule has 0 bridgehead atoms. The van der Waals surface area contributed by atoms with Crippen LogP contribution in [0.25, 0.3) is 10.2 Å². The number of fused-ring (bicyclic) bond motifs is 2. The molecule has 5 rings (SSSR count). The summed E-state index contributed by atoms with van der Waals surface area (Å²) in [7, 11) is 0. The summed E-state index contributed by atoms with van der Waals surface area (Å²) in [5, 5.41) is 3.76. The van der Waals surface area contributed by atoms with E-state index in [1.54, 1.807) is 11.0 Å². The van der Waals surface area contributed by atoms with Crippen LogP contribution in [-0.4, -0.2) is 54.1 Å². The third kappa shape index (κ3) is 4.06. The van der Waals surface area contributed by atoms with Crippen molar-refractivity contribution in [2.75, 3.05) is 30.3 Å². The van der Waals surface area contributed by atoms with E-state index in [4.69, 9.17) is 16.2 Å². The first-order valence-electron chi connectivity index (χ1n) is 10.7. The molecule has 0 spiro atoms. The van der Waals surface area contributed by atoms with Gasteiger partial charge in [-0.2, -0.15) is 4.98 Å². The van der Waals surface area contributed by atoms with Crippen LogP contribution in [0.15, 0.2) is 24.3 Å². The second-order valence-corrected chi connectivity index (χ2v) is 9.54. The Bertz CT molecular complexity index is 1220. The molecule has 0 radical (unpaired) electrons. The van der Waals surface area contributed by atoms with Crippen molar-refractivity contribution >= 4 is 39.0 Å². The van der Waals surface area contributed by atoms with Crippen molar-refractivity contribution < 1.29 is 18.3 Å². The molecule has 0 aromatic carbocycles. The summed E-state index contributed by atoms with van der Waals surface area (Å²) in [6.45, 7) is 2.62. The van der Waals surface area contributed by atoms with Crippen LogP contribution >= 0.6 is 11.3 Å². The number of ether oxygens (including phenoxy) is 1. The first kappa shape index (κ1) is 21.8. The van der Waals surface area contributed by atoms with E-state index in [0.717, 1.165) is 21.5 Å². The van der Waals surface area contributed by atoms with E-state index < -0.39 is 18.4 Å². The van der Waals surface area contributed by atoms with Crippen molar-refractivity contribution in [2.24, 2.45) is 11.7 Å². The molecule has 0 saturated carbocycles. The van der Waals surface area contributed by atoms with Gasteiger partial charge in [0, 0.05) is 42.2 Å². The topological polar surface area (TPSA) is 119 Å². The van der Waals surface area contributed by atoms with E-state index in [9.17, 15) is 13.6 Å². The fourth-order valence-electron chi connectivity index (χ4n) is 4.33. The number of thiophene rings is 1. The predicted molar refractivity (Wildman–Crippen MR) is 123 cm³/mol. The van der Waals surface area contributed by atoms with Crippen LogP contribution in [0.3, 0.4) is 0 Å². The minimum absolute atomic E-state index is 0.161. The number of aryl methyl sites for hydroxylation is 1. The van der Waals surface area contributed by atoms with Crippen LogP contribution in [0.1, 0.15) is 20.9 Å². The Hall–Kier alpha value is -3.05. The molecule has 11 heteroatoms. The lowest BCUT2D eigenvalue weighted by Crippen LogP contribution is -2.43. The number of amides is 1. The molecular weight excluding hydrogens is 450 g/mol. The molecule has 3 aromatic heterocycles. The van der Waals surface area contributed by atoms with Gasteiger partial charge in [0.25, 0.3) is 5.91 Å². The highest BCUT2D eigenvalue weighted by molar-refractivity contribution is 7.21. The number of nitrogens with two attached hydrogens (primary N) is 2. The Morgan fingerprint density at radius 2 is 2.09 bits per heavy atom. The minimum Gasteiger partial charge on any atom is -0.475 e. The second-order valence-electron chi connectivity index (χ2n) is 8.54. The first-order valence-corrected chi connectivity index (χ1v) is 11.5. The average molecular weight is 475 g/mol. The highest BCUT2D eigenvalue weighted by Gasteiger charge is 2.37. The van der Waals surface area contributed by atoms with Crippen LogP contribution in [0.4, 0.5) is 20.3 Å². The zero-order valence-corrected chi connectivity index (χ0v) is 18.7. The Balaban J connectivity index is 1.27. The molecule has 174 valence electrons. The van der Waals surface area contributed by atoms with Gasteiger partial charge in [-0.05, 0) is 31.2 Å². The number of halogens is 2. The highest BCUT2D eigenvalue weighted by atomic mass is 32.1. The molecular formula is C22H24F2N6O2S. The van der Waals surface area contributed by atoms with Crippen molar-refractivity contribution in [2.45, 2.75) is 31.9 Å². The molecule has 3 aromatic rings. The lowest BCUT2D eigenvalue weighted by Gasteiger charge is -2.27. The Morgan fingerprint density at radius 3 is 2.85 bits per heavy atom. The van der Waals surface area contributed by atoms with Crippen molar-refractivity contribution in [1.29, 1.82) is 0 Å². The summed E-state index contributed by atoms with van der Waals surface area (Å²) in [5.74, 6) is -0.119. The van der Waals surface area contributed by atoms with Crippen LogP contribution in [0.2, 0.25) is 0 Å². The maximum absolute atomic E-state index is 13.1. The van der Waals surface area contributed by atoms with E-state index in [2.05, 4.69) is 15.3 Å². The van der Waals surface area contributed by atoms with Gasteiger partial charge in [0.2, 0.25) is 12.3 Å². The average Bonchev–Trinajstić information content (AvgIpc) is 3.33. The number of nitrogen functional groups attached to an aromatic ring is 1. The quantitative estimate of drug-likeness (QED) is 0.531. The molecule has 33 heavy (non-hydrogen) atoms. The number of carbonyl (C=O) groups excluding carboxylic acids is 1. The maximum Gasteiger partial charge on any atom is 0.263 e. The number of nitrogens with zero attached hydrogens (tertiary/aromatic N) is 3. The lowest BCUT2D eigenvalue weighted by molar-refractivity contribution is 0.0804. The SMILES string of the molecule is Cc1ccc2c(N)c(C(=O)N[C@H]3COc4nc(N5C[C@H](C(F)F)[C@@H](N)C5)ccc4C3)sc2n1. The summed E-state index contributed by atoms with van der Waals surface area (Å²) in [4.78, 5) is 24.8. The van der Waals surface area contributed by atoms with Crippen molar-refractivity contribution in [1.82, 2.24) is 15.3 Å².